The van der Waals surface area contributed by atoms with Gasteiger partial charge >= 0.3 is 5.97 Å². The van der Waals surface area contributed by atoms with Gasteiger partial charge in [-0.25, -0.2) is 4.79 Å². The van der Waals surface area contributed by atoms with Crippen molar-refractivity contribution in [2.24, 2.45) is 0 Å². The number of carbonyl (C=O) groups excluding carboxylic acids is 1. The minimum atomic E-state index is -0.319. The molecule has 0 aliphatic heterocycles. The molecule has 3 nitrogen and oxygen atoms in total. The van der Waals surface area contributed by atoms with Crippen molar-refractivity contribution >= 4 is 5.97 Å². The molecule has 0 radical (unpaired) electrons. The van der Waals surface area contributed by atoms with Crippen LogP contribution in [-0.2, 0) is 14.3 Å². The number of hydrogen-bond acceptors (Lipinski definition) is 3. The minimum Gasteiger partial charge on any atom is -0.466 e. The van der Waals surface area contributed by atoms with Crippen molar-refractivity contribution in [3.05, 3.63) is 12.2 Å². The third-order valence-corrected chi connectivity index (χ3v) is 2.13. The summed E-state index contributed by atoms with van der Waals surface area (Å²) in [5, 5.41) is 0. The average molecular weight is 214 g/mol. The smallest absolute Gasteiger partial charge is 0.333 e. The molecular weight excluding hydrogens is 192 g/mol. The quantitative estimate of drug-likeness (QED) is 0.336. The Balaban J connectivity index is 3.24. The molecule has 0 saturated carbocycles. The molecule has 0 aromatic heterocycles. The number of unbranched alkanes of at least 4 members (excludes halogenated alkanes) is 2. The van der Waals surface area contributed by atoms with Crippen LogP contribution in [0, 0.1) is 0 Å². The zero-order valence-electron chi connectivity index (χ0n) is 9.88. The first-order chi connectivity index (χ1) is 7.22. The molecule has 88 valence electrons. The van der Waals surface area contributed by atoms with Gasteiger partial charge in [0.05, 0.1) is 7.11 Å². The van der Waals surface area contributed by atoms with Gasteiger partial charge < -0.3 is 9.47 Å². The van der Waals surface area contributed by atoms with Gasteiger partial charge in [-0.3, -0.25) is 0 Å². The fourth-order valence-electron chi connectivity index (χ4n) is 1.19. The van der Waals surface area contributed by atoms with Gasteiger partial charge in [0.1, 0.15) is 0 Å². The first-order valence-corrected chi connectivity index (χ1v) is 5.56. The summed E-state index contributed by atoms with van der Waals surface area (Å²) in [6.07, 6.45) is 5.03. The lowest BCUT2D eigenvalue weighted by molar-refractivity contribution is -0.136. The molecule has 0 aliphatic carbocycles. The van der Waals surface area contributed by atoms with Crippen LogP contribution in [0.1, 0.15) is 39.0 Å². The summed E-state index contributed by atoms with van der Waals surface area (Å²) < 4.78 is 9.95. The first kappa shape index (κ1) is 14.2. The highest BCUT2D eigenvalue weighted by atomic mass is 16.5. The molecule has 0 heterocycles. The van der Waals surface area contributed by atoms with Crippen molar-refractivity contribution in [2.45, 2.75) is 39.0 Å². The van der Waals surface area contributed by atoms with E-state index in [0.717, 1.165) is 19.4 Å². The minimum absolute atomic E-state index is 0.319. The Morgan fingerprint density at radius 3 is 2.47 bits per heavy atom. The molecule has 0 fully saturated rings. The number of rotatable bonds is 9. The van der Waals surface area contributed by atoms with Crippen molar-refractivity contribution in [3.63, 3.8) is 0 Å². The van der Waals surface area contributed by atoms with E-state index in [0.29, 0.717) is 18.6 Å². The zero-order valence-corrected chi connectivity index (χ0v) is 9.88. The molecule has 0 aliphatic rings. The SMILES string of the molecule is C=C(CCCOCCCCC)C(=O)OC. The second-order valence-electron chi connectivity index (χ2n) is 3.52. The number of methoxy groups -OCH3 is 1. The maximum atomic E-state index is 11.0. The van der Waals surface area contributed by atoms with E-state index >= 15 is 0 Å². The normalized spacial score (nSPS) is 10.0. The highest BCUT2D eigenvalue weighted by molar-refractivity contribution is 5.87. The molecule has 0 amide bonds. The number of esters is 1. The average Bonchev–Trinajstić information content (AvgIpc) is 2.26. The van der Waals surface area contributed by atoms with Crippen LogP contribution in [0.2, 0.25) is 0 Å². The molecule has 0 aromatic carbocycles. The second kappa shape index (κ2) is 9.71. The fourth-order valence-corrected chi connectivity index (χ4v) is 1.19. The van der Waals surface area contributed by atoms with E-state index in [4.69, 9.17) is 4.74 Å². The van der Waals surface area contributed by atoms with Gasteiger partial charge in [0.2, 0.25) is 0 Å². The van der Waals surface area contributed by atoms with E-state index < -0.39 is 0 Å². The lowest BCUT2D eigenvalue weighted by atomic mass is 10.2. The summed E-state index contributed by atoms with van der Waals surface area (Å²) in [5.41, 5.74) is 0.523. The van der Waals surface area contributed by atoms with Crippen molar-refractivity contribution in [1.29, 1.82) is 0 Å². The van der Waals surface area contributed by atoms with E-state index in [2.05, 4.69) is 18.2 Å². The van der Waals surface area contributed by atoms with E-state index in [1.54, 1.807) is 0 Å². The highest BCUT2D eigenvalue weighted by Gasteiger charge is 2.05. The van der Waals surface area contributed by atoms with Gasteiger partial charge in [0.15, 0.2) is 0 Å². The molecule has 0 N–H and O–H groups in total. The predicted molar refractivity (Wildman–Crippen MR) is 60.7 cm³/mol. The van der Waals surface area contributed by atoms with Crippen molar-refractivity contribution < 1.29 is 14.3 Å². The Labute approximate surface area is 92.5 Å². The lowest BCUT2D eigenvalue weighted by Gasteiger charge is -2.04. The van der Waals surface area contributed by atoms with Crippen molar-refractivity contribution in [3.8, 4) is 0 Å². The molecule has 0 unspecified atom stereocenters. The van der Waals surface area contributed by atoms with Crippen molar-refractivity contribution in [1.82, 2.24) is 0 Å². The predicted octanol–water partition coefficient (Wildman–Crippen LogP) is 2.70. The van der Waals surface area contributed by atoms with Crippen LogP contribution in [-0.4, -0.2) is 26.3 Å². The standard InChI is InChI=1S/C12H22O3/c1-4-5-6-9-15-10-7-8-11(2)12(13)14-3/h2,4-10H2,1,3H3. The molecule has 15 heavy (non-hydrogen) atoms. The molecule has 0 bridgehead atoms. The number of hydrogen-bond donors (Lipinski definition) is 0. The van der Waals surface area contributed by atoms with Crippen LogP contribution in [0.5, 0.6) is 0 Å². The highest BCUT2D eigenvalue weighted by Crippen LogP contribution is 2.04. The van der Waals surface area contributed by atoms with Gasteiger partial charge in [-0.05, 0) is 19.3 Å². The Morgan fingerprint density at radius 1 is 1.20 bits per heavy atom. The molecular formula is C12H22O3. The number of carbonyl (C=O) groups is 1. The summed E-state index contributed by atoms with van der Waals surface area (Å²) >= 11 is 0. The van der Waals surface area contributed by atoms with Crippen molar-refractivity contribution in [2.75, 3.05) is 20.3 Å². The van der Waals surface area contributed by atoms with E-state index in [1.807, 2.05) is 0 Å². The van der Waals surface area contributed by atoms with Crippen LogP contribution in [0.15, 0.2) is 12.2 Å². The van der Waals surface area contributed by atoms with Crippen LogP contribution >= 0.6 is 0 Å². The van der Waals surface area contributed by atoms with Crippen LogP contribution < -0.4 is 0 Å². The van der Waals surface area contributed by atoms with Gasteiger partial charge in [0.25, 0.3) is 0 Å². The Bertz CT molecular complexity index is 187. The Hall–Kier alpha value is -0.830. The summed E-state index contributed by atoms with van der Waals surface area (Å²) in [5.74, 6) is -0.319. The van der Waals surface area contributed by atoms with Crippen LogP contribution in [0.25, 0.3) is 0 Å². The monoisotopic (exact) mass is 214 g/mol. The van der Waals surface area contributed by atoms with E-state index in [-0.39, 0.29) is 5.97 Å². The maximum absolute atomic E-state index is 11.0. The van der Waals surface area contributed by atoms with E-state index in [9.17, 15) is 4.79 Å². The summed E-state index contributed by atoms with van der Waals surface area (Å²) in [6.45, 7) is 7.32. The molecule has 0 aromatic rings. The van der Waals surface area contributed by atoms with Crippen LogP contribution in [0.3, 0.4) is 0 Å². The molecule has 0 spiro atoms. The summed E-state index contributed by atoms with van der Waals surface area (Å²) in [6, 6.07) is 0. The van der Waals surface area contributed by atoms with Crippen LogP contribution in [0.4, 0.5) is 0 Å². The Kier molecular flexibility index (Phi) is 9.18. The molecule has 3 heteroatoms. The molecule has 0 rings (SSSR count). The lowest BCUT2D eigenvalue weighted by Crippen LogP contribution is -2.05. The van der Waals surface area contributed by atoms with Gasteiger partial charge in [-0.1, -0.05) is 26.3 Å². The van der Waals surface area contributed by atoms with Gasteiger partial charge in [-0.2, -0.15) is 0 Å². The van der Waals surface area contributed by atoms with Gasteiger partial charge in [-0.15, -0.1) is 0 Å². The maximum Gasteiger partial charge on any atom is 0.333 e. The largest absolute Gasteiger partial charge is 0.466 e. The Morgan fingerprint density at radius 2 is 1.87 bits per heavy atom. The zero-order chi connectivity index (χ0) is 11.5. The molecule has 0 saturated heterocycles. The summed E-state index contributed by atoms with van der Waals surface area (Å²) in [4.78, 5) is 11.0. The summed E-state index contributed by atoms with van der Waals surface area (Å²) in [7, 11) is 1.37. The molecule has 0 atom stereocenters. The third kappa shape index (κ3) is 8.18. The third-order valence-electron chi connectivity index (χ3n) is 2.13. The van der Waals surface area contributed by atoms with E-state index in [1.165, 1.54) is 20.0 Å². The second-order valence-corrected chi connectivity index (χ2v) is 3.52. The van der Waals surface area contributed by atoms with Gasteiger partial charge in [0, 0.05) is 18.8 Å². The number of ether oxygens (including phenoxy) is 2. The first-order valence-electron chi connectivity index (χ1n) is 5.56. The topological polar surface area (TPSA) is 35.5 Å². The fraction of sp³-hybridized carbons (Fsp3) is 0.750.